The zero-order valence-electron chi connectivity index (χ0n) is 13.8. The smallest absolute Gasteiger partial charge is 0.258 e. The molecule has 1 amide bonds. The Morgan fingerprint density at radius 3 is 2.75 bits per heavy atom. The molecule has 1 N–H and O–H groups in total. The number of nitrogens with one attached hydrogen (secondary N) is 1. The van der Waals surface area contributed by atoms with Crippen LogP contribution in [0.5, 0.6) is 5.75 Å². The van der Waals surface area contributed by atoms with E-state index >= 15 is 0 Å². The van der Waals surface area contributed by atoms with Gasteiger partial charge in [-0.15, -0.1) is 11.8 Å². The van der Waals surface area contributed by atoms with Crippen molar-refractivity contribution in [1.29, 1.82) is 0 Å². The highest BCUT2D eigenvalue weighted by Crippen LogP contribution is 2.35. The van der Waals surface area contributed by atoms with Gasteiger partial charge in [0, 0.05) is 15.7 Å². The van der Waals surface area contributed by atoms with E-state index in [1.54, 1.807) is 0 Å². The predicted molar refractivity (Wildman–Crippen MR) is 99.1 cm³/mol. The molecule has 24 heavy (non-hydrogen) atoms. The lowest BCUT2D eigenvalue weighted by atomic mass is 10.0. The summed E-state index contributed by atoms with van der Waals surface area (Å²) < 4.78 is 5.74. The fourth-order valence-electron chi connectivity index (χ4n) is 2.99. The van der Waals surface area contributed by atoms with Gasteiger partial charge in [-0.3, -0.25) is 4.79 Å². The number of amides is 1. The van der Waals surface area contributed by atoms with Crippen molar-refractivity contribution >= 4 is 29.3 Å². The molecule has 5 heteroatoms. The molecule has 3 nitrogen and oxygen atoms in total. The zero-order valence-corrected chi connectivity index (χ0v) is 15.3. The lowest BCUT2D eigenvalue weighted by molar-refractivity contribution is -0.123. The number of ether oxygens (including phenoxy) is 1. The van der Waals surface area contributed by atoms with Gasteiger partial charge in [0.1, 0.15) is 5.75 Å². The fourth-order valence-corrected chi connectivity index (χ4v) is 4.44. The van der Waals surface area contributed by atoms with E-state index in [2.05, 4.69) is 17.4 Å². The Kier molecular flexibility index (Phi) is 5.36. The van der Waals surface area contributed by atoms with Crippen LogP contribution in [0.2, 0.25) is 5.02 Å². The summed E-state index contributed by atoms with van der Waals surface area (Å²) >= 11 is 7.86. The maximum absolute atomic E-state index is 12.3. The summed E-state index contributed by atoms with van der Waals surface area (Å²) in [5.41, 5.74) is 3.07. The Balaban J connectivity index is 1.63. The van der Waals surface area contributed by atoms with Crippen LogP contribution in [0.25, 0.3) is 0 Å². The SMILES string of the molecule is Cc1cc(Cl)cc(C)c1OCC(=O)NC1CCSc2ccccc21. The molecule has 2 aromatic rings. The molecule has 0 aliphatic carbocycles. The van der Waals surface area contributed by atoms with Crippen molar-refractivity contribution in [2.24, 2.45) is 0 Å². The zero-order chi connectivity index (χ0) is 17.1. The highest BCUT2D eigenvalue weighted by atomic mass is 35.5. The van der Waals surface area contributed by atoms with Crippen molar-refractivity contribution in [1.82, 2.24) is 5.32 Å². The second kappa shape index (κ2) is 7.49. The number of halogens is 1. The van der Waals surface area contributed by atoms with Crippen LogP contribution in [0.4, 0.5) is 0 Å². The molecule has 126 valence electrons. The molecular weight excluding hydrogens is 342 g/mol. The van der Waals surface area contributed by atoms with Crippen molar-refractivity contribution < 1.29 is 9.53 Å². The minimum Gasteiger partial charge on any atom is -0.483 e. The molecule has 1 unspecified atom stereocenters. The van der Waals surface area contributed by atoms with E-state index in [4.69, 9.17) is 16.3 Å². The predicted octanol–water partition coefficient (Wildman–Crippen LogP) is 4.69. The lowest BCUT2D eigenvalue weighted by Gasteiger charge is -2.26. The Labute approximate surface area is 151 Å². The second-order valence-electron chi connectivity index (χ2n) is 5.95. The van der Waals surface area contributed by atoms with Crippen LogP contribution >= 0.6 is 23.4 Å². The van der Waals surface area contributed by atoms with Crippen molar-refractivity contribution in [2.75, 3.05) is 12.4 Å². The molecule has 2 aromatic carbocycles. The topological polar surface area (TPSA) is 38.3 Å². The fraction of sp³-hybridized carbons (Fsp3) is 0.316. The summed E-state index contributed by atoms with van der Waals surface area (Å²) in [6, 6.07) is 12.0. The van der Waals surface area contributed by atoms with E-state index in [1.807, 2.05) is 49.9 Å². The largest absolute Gasteiger partial charge is 0.483 e. The molecule has 1 atom stereocenters. The summed E-state index contributed by atoms with van der Waals surface area (Å²) in [6.45, 7) is 3.87. The number of fused-ring (bicyclic) bond motifs is 1. The van der Waals surface area contributed by atoms with Crippen LogP contribution in [0, 0.1) is 13.8 Å². The molecule has 0 bridgehead atoms. The molecule has 3 rings (SSSR count). The lowest BCUT2D eigenvalue weighted by Crippen LogP contribution is -2.34. The molecule has 0 aromatic heterocycles. The monoisotopic (exact) mass is 361 g/mol. The maximum atomic E-state index is 12.3. The number of rotatable bonds is 4. The maximum Gasteiger partial charge on any atom is 0.258 e. The van der Waals surface area contributed by atoms with Gasteiger partial charge >= 0.3 is 0 Å². The van der Waals surface area contributed by atoms with Crippen molar-refractivity contribution in [3.05, 3.63) is 58.1 Å². The number of carbonyl (C=O) groups is 1. The van der Waals surface area contributed by atoms with Gasteiger partial charge in [-0.05, 0) is 55.2 Å². The van der Waals surface area contributed by atoms with Crippen LogP contribution in [0.3, 0.4) is 0 Å². The highest BCUT2D eigenvalue weighted by Gasteiger charge is 2.22. The van der Waals surface area contributed by atoms with E-state index in [1.165, 1.54) is 10.5 Å². The molecule has 0 saturated carbocycles. The normalized spacial score (nSPS) is 16.4. The number of aryl methyl sites for hydroxylation is 2. The van der Waals surface area contributed by atoms with Gasteiger partial charge in [0.15, 0.2) is 6.61 Å². The van der Waals surface area contributed by atoms with Crippen molar-refractivity contribution in [3.8, 4) is 5.75 Å². The number of hydrogen-bond donors (Lipinski definition) is 1. The van der Waals surface area contributed by atoms with Gasteiger partial charge in [0.2, 0.25) is 0 Å². The molecule has 0 radical (unpaired) electrons. The van der Waals surface area contributed by atoms with E-state index < -0.39 is 0 Å². The quantitative estimate of drug-likeness (QED) is 0.858. The number of carbonyl (C=O) groups excluding carboxylic acids is 1. The Morgan fingerprint density at radius 2 is 2.00 bits per heavy atom. The summed E-state index contributed by atoms with van der Waals surface area (Å²) in [7, 11) is 0. The molecule has 0 saturated heterocycles. The van der Waals surface area contributed by atoms with Gasteiger partial charge in [0.25, 0.3) is 5.91 Å². The average Bonchev–Trinajstić information content (AvgIpc) is 2.54. The van der Waals surface area contributed by atoms with E-state index in [-0.39, 0.29) is 18.6 Å². The summed E-state index contributed by atoms with van der Waals surface area (Å²) in [5.74, 6) is 1.64. The van der Waals surface area contributed by atoms with Crippen LogP contribution in [-0.2, 0) is 4.79 Å². The average molecular weight is 362 g/mol. The first-order valence-corrected chi connectivity index (χ1v) is 9.31. The minimum absolute atomic E-state index is 0.00905. The molecule has 0 spiro atoms. The third kappa shape index (κ3) is 3.87. The number of thioether (sulfide) groups is 1. The Bertz CT molecular complexity index is 740. The minimum atomic E-state index is -0.101. The van der Waals surface area contributed by atoms with E-state index in [0.717, 1.165) is 29.1 Å². The highest BCUT2D eigenvalue weighted by molar-refractivity contribution is 7.99. The molecule has 1 aliphatic rings. The molecular formula is C19H20ClNO2S. The van der Waals surface area contributed by atoms with Crippen LogP contribution in [-0.4, -0.2) is 18.3 Å². The number of benzene rings is 2. The third-order valence-electron chi connectivity index (χ3n) is 4.07. The van der Waals surface area contributed by atoms with Crippen LogP contribution in [0.15, 0.2) is 41.3 Å². The summed E-state index contributed by atoms with van der Waals surface area (Å²) in [6.07, 6.45) is 0.937. The number of hydrogen-bond acceptors (Lipinski definition) is 3. The summed E-state index contributed by atoms with van der Waals surface area (Å²) in [4.78, 5) is 13.6. The van der Waals surface area contributed by atoms with Crippen LogP contribution in [0.1, 0.15) is 29.2 Å². The van der Waals surface area contributed by atoms with Gasteiger partial charge in [0.05, 0.1) is 6.04 Å². The summed E-state index contributed by atoms with van der Waals surface area (Å²) in [5, 5.41) is 3.77. The van der Waals surface area contributed by atoms with Gasteiger partial charge in [-0.25, -0.2) is 0 Å². The van der Waals surface area contributed by atoms with E-state index in [9.17, 15) is 4.79 Å². The first-order valence-electron chi connectivity index (χ1n) is 7.95. The van der Waals surface area contributed by atoms with Crippen LogP contribution < -0.4 is 10.1 Å². The Hall–Kier alpha value is -1.65. The van der Waals surface area contributed by atoms with Crippen molar-refractivity contribution in [3.63, 3.8) is 0 Å². The van der Waals surface area contributed by atoms with Crippen molar-refractivity contribution in [2.45, 2.75) is 31.2 Å². The molecule has 1 heterocycles. The first kappa shape index (κ1) is 17.2. The second-order valence-corrected chi connectivity index (χ2v) is 7.53. The van der Waals surface area contributed by atoms with Gasteiger partial charge < -0.3 is 10.1 Å². The first-order chi connectivity index (χ1) is 11.5. The standard InChI is InChI=1S/C19H20ClNO2S/c1-12-9-14(20)10-13(2)19(12)23-11-18(22)21-16-7-8-24-17-6-4-3-5-15(16)17/h3-6,9-10,16H,7-8,11H2,1-2H3,(H,21,22). The van der Waals surface area contributed by atoms with Gasteiger partial charge in [-0.1, -0.05) is 29.8 Å². The van der Waals surface area contributed by atoms with Gasteiger partial charge in [-0.2, -0.15) is 0 Å². The third-order valence-corrected chi connectivity index (χ3v) is 5.41. The Morgan fingerprint density at radius 1 is 1.29 bits per heavy atom. The molecule has 0 fully saturated rings. The van der Waals surface area contributed by atoms with E-state index in [0.29, 0.717) is 5.02 Å². The molecule has 1 aliphatic heterocycles.